The van der Waals surface area contributed by atoms with Crippen molar-refractivity contribution in [2.75, 3.05) is 32.2 Å². The van der Waals surface area contributed by atoms with Gasteiger partial charge in [0.05, 0.1) is 24.3 Å². The van der Waals surface area contributed by atoms with Gasteiger partial charge < -0.3 is 14.4 Å². The zero-order chi connectivity index (χ0) is 17.0. The number of fused-ring (bicyclic) bond motifs is 1. The van der Waals surface area contributed by atoms with Gasteiger partial charge in [0.2, 0.25) is 0 Å². The van der Waals surface area contributed by atoms with Crippen molar-refractivity contribution >= 4 is 28.5 Å². The van der Waals surface area contributed by atoms with Gasteiger partial charge in [-0.3, -0.25) is 0 Å². The van der Waals surface area contributed by atoms with Crippen LogP contribution in [0.1, 0.15) is 34.7 Å². The molecule has 6 nitrogen and oxygen atoms in total. The molecule has 0 fully saturated rings. The number of hydrogen-bond acceptors (Lipinski definition) is 6. The number of nitrogens with zero attached hydrogens (tertiary/aromatic N) is 2. The van der Waals surface area contributed by atoms with Crippen LogP contribution in [-0.4, -0.2) is 44.2 Å². The highest BCUT2D eigenvalue weighted by molar-refractivity contribution is 6.06. The van der Waals surface area contributed by atoms with Gasteiger partial charge in [0.1, 0.15) is 5.69 Å². The molecule has 0 N–H and O–H groups in total. The van der Waals surface area contributed by atoms with Gasteiger partial charge in [-0.15, -0.1) is 0 Å². The minimum atomic E-state index is -0.560. The average Bonchev–Trinajstić information content (AvgIpc) is 2.53. The molecular weight excluding hydrogens is 296 g/mol. The minimum Gasteiger partial charge on any atom is -0.462 e. The first-order chi connectivity index (χ1) is 11.0. The van der Waals surface area contributed by atoms with E-state index >= 15 is 0 Å². The molecule has 0 spiro atoms. The summed E-state index contributed by atoms with van der Waals surface area (Å²) in [5, 5.41) is 0.641. The second-order valence-electron chi connectivity index (χ2n) is 5.09. The maximum atomic E-state index is 12.2. The topological polar surface area (TPSA) is 68.7 Å². The van der Waals surface area contributed by atoms with Gasteiger partial charge in [0, 0.05) is 25.2 Å². The van der Waals surface area contributed by atoms with Gasteiger partial charge in [0.15, 0.2) is 0 Å². The third-order valence-electron chi connectivity index (χ3n) is 3.29. The lowest BCUT2D eigenvalue weighted by Gasteiger charge is -2.14. The van der Waals surface area contributed by atoms with Gasteiger partial charge in [0.25, 0.3) is 0 Å². The fraction of sp³-hybridized carbons (Fsp3) is 0.353. The highest BCUT2D eigenvalue weighted by Crippen LogP contribution is 2.24. The Bertz CT molecular complexity index is 741. The van der Waals surface area contributed by atoms with Crippen LogP contribution >= 0.6 is 0 Å². The van der Waals surface area contributed by atoms with E-state index < -0.39 is 11.9 Å². The first-order valence-electron chi connectivity index (χ1n) is 7.44. The Morgan fingerprint density at radius 1 is 1.04 bits per heavy atom. The molecule has 6 heteroatoms. The van der Waals surface area contributed by atoms with Crippen LogP contribution in [0.3, 0.4) is 0 Å². The van der Waals surface area contributed by atoms with E-state index in [0.29, 0.717) is 16.5 Å². The van der Waals surface area contributed by atoms with Crippen molar-refractivity contribution in [3.8, 4) is 0 Å². The summed E-state index contributed by atoms with van der Waals surface area (Å²) in [5.41, 5.74) is 1.87. The van der Waals surface area contributed by atoms with Gasteiger partial charge in [-0.05, 0) is 38.1 Å². The molecule has 1 aromatic carbocycles. The molecule has 0 radical (unpaired) electrons. The molecule has 122 valence electrons. The third kappa shape index (κ3) is 3.59. The van der Waals surface area contributed by atoms with E-state index in [4.69, 9.17) is 9.47 Å². The maximum Gasteiger partial charge on any atom is 0.356 e. The minimum absolute atomic E-state index is 0.0957. The monoisotopic (exact) mass is 316 g/mol. The second kappa shape index (κ2) is 7.09. The van der Waals surface area contributed by atoms with Crippen LogP contribution in [0.4, 0.5) is 5.69 Å². The number of anilines is 1. The Labute approximate surface area is 135 Å². The summed E-state index contributed by atoms with van der Waals surface area (Å²) in [6.07, 6.45) is 0. The molecule has 0 aliphatic carbocycles. The van der Waals surface area contributed by atoms with Gasteiger partial charge >= 0.3 is 11.9 Å². The molecule has 0 saturated heterocycles. The fourth-order valence-corrected chi connectivity index (χ4v) is 2.18. The number of pyridine rings is 1. The van der Waals surface area contributed by atoms with Crippen molar-refractivity contribution in [2.45, 2.75) is 13.8 Å². The number of esters is 2. The molecule has 2 rings (SSSR count). The van der Waals surface area contributed by atoms with Crippen molar-refractivity contribution in [3.63, 3.8) is 0 Å². The van der Waals surface area contributed by atoms with Crippen LogP contribution in [0.15, 0.2) is 24.3 Å². The number of benzene rings is 1. The maximum absolute atomic E-state index is 12.2. The van der Waals surface area contributed by atoms with E-state index in [0.717, 1.165) is 5.69 Å². The number of carbonyl (C=O) groups is 2. The molecule has 1 heterocycles. The van der Waals surface area contributed by atoms with Crippen molar-refractivity contribution in [1.29, 1.82) is 0 Å². The Morgan fingerprint density at radius 3 is 2.30 bits per heavy atom. The SMILES string of the molecule is CCOC(=O)c1cc(C(=O)OCC)c2ccc(N(C)C)cc2n1. The first-order valence-corrected chi connectivity index (χ1v) is 7.44. The van der Waals surface area contributed by atoms with E-state index in [1.807, 2.05) is 31.1 Å². The van der Waals surface area contributed by atoms with Gasteiger partial charge in [-0.1, -0.05) is 0 Å². The number of ether oxygens (including phenoxy) is 2. The average molecular weight is 316 g/mol. The van der Waals surface area contributed by atoms with E-state index in [1.165, 1.54) is 6.07 Å². The second-order valence-corrected chi connectivity index (χ2v) is 5.09. The Balaban J connectivity index is 2.65. The number of rotatable bonds is 5. The molecule has 0 atom stereocenters. The van der Waals surface area contributed by atoms with Crippen molar-refractivity contribution in [3.05, 3.63) is 35.5 Å². The molecular formula is C17H20N2O4. The van der Waals surface area contributed by atoms with Crippen molar-refractivity contribution < 1.29 is 19.1 Å². The normalized spacial score (nSPS) is 10.4. The Kier molecular flexibility index (Phi) is 5.16. The first kappa shape index (κ1) is 16.7. The Morgan fingerprint density at radius 2 is 1.70 bits per heavy atom. The van der Waals surface area contributed by atoms with E-state index in [2.05, 4.69) is 4.98 Å². The summed E-state index contributed by atoms with van der Waals surface area (Å²) in [7, 11) is 3.81. The summed E-state index contributed by atoms with van der Waals surface area (Å²) in [4.78, 5) is 30.4. The summed E-state index contributed by atoms with van der Waals surface area (Å²) in [6, 6.07) is 6.93. The standard InChI is InChI=1S/C17H20N2O4/c1-5-22-16(20)13-10-15(17(21)23-6-2)18-14-9-11(19(3)4)7-8-12(13)14/h7-10H,5-6H2,1-4H3. The molecule has 0 amide bonds. The number of aromatic nitrogens is 1. The molecule has 0 aliphatic rings. The Hall–Kier alpha value is -2.63. The predicted octanol–water partition coefficient (Wildman–Crippen LogP) is 2.65. The molecule has 0 unspecified atom stereocenters. The quantitative estimate of drug-likeness (QED) is 0.790. The summed E-state index contributed by atoms with van der Waals surface area (Å²) < 4.78 is 10.1. The molecule has 0 saturated carbocycles. The summed E-state index contributed by atoms with van der Waals surface area (Å²) in [6.45, 7) is 3.95. The van der Waals surface area contributed by atoms with Crippen LogP contribution < -0.4 is 4.90 Å². The smallest absolute Gasteiger partial charge is 0.356 e. The summed E-state index contributed by atoms with van der Waals surface area (Å²) in [5.74, 6) is -1.04. The van der Waals surface area contributed by atoms with E-state index in [9.17, 15) is 9.59 Å². The van der Waals surface area contributed by atoms with Crippen LogP contribution in [0.5, 0.6) is 0 Å². The predicted molar refractivity (Wildman–Crippen MR) is 88.0 cm³/mol. The highest BCUT2D eigenvalue weighted by Gasteiger charge is 2.18. The zero-order valence-electron chi connectivity index (χ0n) is 13.8. The van der Waals surface area contributed by atoms with Crippen LogP contribution in [-0.2, 0) is 9.47 Å². The third-order valence-corrected chi connectivity index (χ3v) is 3.29. The van der Waals surface area contributed by atoms with Crippen LogP contribution in [0.2, 0.25) is 0 Å². The summed E-state index contributed by atoms with van der Waals surface area (Å²) >= 11 is 0. The molecule has 0 aliphatic heterocycles. The van der Waals surface area contributed by atoms with E-state index in [1.54, 1.807) is 19.9 Å². The number of carbonyl (C=O) groups excluding carboxylic acids is 2. The largest absolute Gasteiger partial charge is 0.462 e. The van der Waals surface area contributed by atoms with Gasteiger partial charge in [-0.2, -0.15) is 0 Å². The fourth-order valence-electron chi connectivity index (χ4n) is 2.18. The van der Waals surface area contributed by atoms with Crippen LogP contribution in [0.25, 0.3) is 10.9 Å². The van der Waals surface area contributed by atoms with Crippen molar-refractivity contribution in [1.82, 2.24) is 4.98 Å². The van der Waals surface area contributed by atoms with E-state index in [-0.39, 0.29) is 18.9 Å². The lowest BCUT2D eigenvalue weighted by molar-refractivity contribution is 0.0519. The lowest BCUT2D eigenvalue weighted by Crippen LogP contribution is -2.13. The van der Waals surface area contributed by atoms with Crippen LogP contribution in [0, 0.1) is 0 Å². The number of hydrogen-bond donors (Lipinski definition) is 0. The zero-order valence-corrected chi connectivity index (χ0v) is 13.8. The molecule has 2 aromatic rings. The molecule has 1 aromatic heterocycles. The molecule has 0 bridgehead atoms. The van der Waals surface area contributed by atoms with Gasteiger partial charge in [-0.25, -0.2) is 14.6 Å². The lowest BCUT2D eigenvalue weighted by atomic mass is 10.1. The molecule has 23 heavy (non-hydrogen) atoms. The highest BCUT2D eigenvalue weighted by atomic mass is 16.5. The van der Waals surface area contributed by atoms with Crippen molar-refractivity contribution in [2.24, 2.45) is 0 Å².